The standard InChI is InChI=1S/C29H38BN3O2/c34-29-31-21-14-6-4-11-18(21)24-27(31)33-25-20(30(24)17-9-2-1-3-10-17)13-8-16-23(25)35-26-19-12-5-7-15-22(19)32(29)28(26)33/h1-3,9-10,18-28H,4-8,11-16H2. The van der Waals surface area contributed by atoms with Gasteiger partial charge in [-0.25, -0.2) is 4.79 Å². The van der Waals surface area contributed by atoms with Crippen molar-refractivity contribution in [3.8, 4) is 0 Å². The number of nitrogens with zero attached hydrogens (tertiary/aromatic N) is 3. The van der Waals surface area contributed by atoms with Gasteiger partial charge in [-0.05, 0) is 49.7 Å². The molecule has 5 aliphatic heterocycles. The molecule has 11 atom stereocenters. The zero-order chi connectivity index (χ0) is 22.8. The highest BCUT2D eigenvalue weighted by Crippen LogP contribution is 2.63. The summed E-state index contributed by atoms with van der Waals surface area (Å²) in [5.41, 5.74) is 1.53. The second-order valence-corrected chi connectivity index (χ2v) is 13.1. The highest BCUT2D eigenvalue weighted by atomic mass is 16.5. The molecule has 0 N–H and O–H groups in total. The van der Waals surface area contributed by atoms with E-state index in [-0.39, 0.29) is 18.4 Å². The lowest BCUT2D eigenvalue weighted by molar-refractivity contribution is -0.221. The minimum atomic E-state index is 0.193. The molecule has 6 heteroatoms. The van der Waals surface area contributed by atoms with Crippen molar-refractivity contribution in [2.75, 3.05) is 0 Å². The van der Waals surface area contributed by atoms with Gasteiger partial charge in [0.05, 0.1) is 18.4 Å². The van der Waals surface area contributed by atoms with Crippen LogP contribution < -0.4 is 5.46 Å². The molecule has 3 saturated carbocycles. The Hall–Kier alpha value is -1.53. The van der Waals surface area contributed by atoms with Crippen molar-refractivity contribution in [1.82, 2.24) is 14.7 Å². The highest BCUT2D eigenvalue weighted by molar-refractivity contribution is 6.76. The molecule has 35 heavy (non-hydrogen) atoms. The van der Waals surface area contributed by atoms with Crippen LogP contribution in [0.15, 0.2) is 30.3 Å². The van der Waals surface area contributed by atoms with Gasteiger partial charge in [-0.15, -0.1) is 0 Å². The summed E-state index contributed by atoms with van der Waals surface area (Å²) in [6, 6.07) is 13.2. The molecule has 0 bridgehead atoms. The van der Waals surface area contributed by atoms with Gasteiger partial charge in [0.25, 0.3) is 0 Å². The van der Waals surface area contributed by atoms with E-state index in [0.717, 1.165) is 0 Å². The number of carbonyl (C=O) groups is 1. The van der Waals surface area contributed by atoms with Crippen molar-refractivity contribution in [2.24, 2.45) is 11.8 Å². The number of hydrogen-bond donors (Lipinski definition) is 0. The molecule has 0 aromatic heterocycles. The molecule has 0 spiro atoms. The van der Waals surface area contributed by atoms with Gasteiger partial charge in [0, 0.05) is 24.0 Å². The second-order valence-electron chi connectivity index (χ2n) is 13.1. The van der Waals surface area contributed by atoms with Crippen LogP contribution in [-0.4, -0.2) is 70.1 Å². The smallest absolute Gasteiger partial charge is 0.323 e. The Morgan fingerprint density at radius 3 is 2.31 bits per heavy atom. The van der Waals surface area contributed by atoms with Crippen molar-refractivity contribution in [1.29, 1.82) is 0 Å². The van der Waals surface area contributed by atoms with Crippen molar-refractivity contribution in [3.05, 3.63) is 30.3 Å². The van der Waals surface area contributed by atoms with Crippen LogP contribution in [0.3, 0.4) is 0 Å². The van der Waals surface area contributed by atoms with Gasteiger partial charge in [0.1, 0.15) is 6.17 Å². The lowest BCUT2D eigenvalue weighted by Crippen LogP contribution is -2.80. The van der Waals surface area contributed by atoms with Crippen molar-refractivity contribution < 1.29 is 9.53 Å². The monoisotopic (exact) mass is 471 g/mol. The lowest BCUT2D eigenvalue weighted by Gasteiger charge is -2.65. The Labute approximate surface area is 209 Å². The molecule has 2 amide bonds. The number of rotatable bonds is 1. The van der Waals surface area contributed by atoms with E-state index in [9.17, 15) is 4.79 Å². The maximum atomic E-state index is 14.6. The highest BCUT2D eigenvalue weighted by Gasteiger charge is 2.73. The van der Waals surface area contributed by atoms with Gasteiger partial charge in [0.2, 0.25) is 0 Å². The minimum absolute atomic E-state index is 0.193. The second kappa shape index (κ2) is 7.28. The zero-order valence-corrected chi connectivity index (χ0v) is 20.8. The van der Waals surface area contributed by atoms with Crippen LogP contribution in [0.5, 0.6) is 0 Å². The molecule has 0 radical (unpaired) electrons. The molecule has 11 unspecified atom stereocenters. The number of fused-ring (bicyclic) bond motifs is 6. The first-order valence-corrected chi connectivity index (χ1v) is 14.9. The third kappa shape index (κ3) is 2.47. The van der Waals surface area contributed by atoms with Crippen LogP contribution in [0, 0.1) is 11.8 Å². The molecule has 184 valence electrons. The van der Waals surface area contributed by atoms with Crippen molar-refractivity contribution in [2.45, 2.75) is 125 Å². The maximum absolute atomic E-state index is 14.6. The largest absolute Gasteiger partial charge is 0.369 e. The third-order valence-corrected chi connectivity index (χ3v) is 12.0. The normalized spacial score (nSPS) is 49.5. The summed E-state index contributed by atoms with van der Waals surface area (Å²) in [7, 11) is 0. The van der Waals surface area contributed by atoms with Gasteiger partial charge in [-0.3, -0.25) is 4.90 Å². The van der Waals surface area contributed by atoms with Crippen LogP contribution in [0.1, 0.15) is 70.6 Å². The van der Waals surface area contributed by atoms with Crippen LogP contribution in [0.25, 0.3) is 0 Å². The Bertz CT molecular complexity index is 1040. The van der Waals surface area contributed by atoms with Crippen LogP contribution in [0.4, 0.5) is 4.79 Å². The lowest BCUT2D eigenvalue weighted by atomic mass is 9.24. The number of urea groups is 1. The van der Waals surface area contributed by atoms with E-state index in [1.165, 1.54) is 76.1 Å². The number of morpholine rings is 1. The number of benzene rings is 1. The van der Waals surface area contributed by atoms with Crippen LogP contribution in [0.2, 0.25) is 11.6 Å². The van der Waals surface area contributed by atoms with Crippen molar-refractivity contribution >= 4 is 18.2 Å². The Kier molecular flexibility index (Phi) is 4.27. The summed E-state index contributed by atoms with van der Waals surface area (Å²) in [5, 5.41) is 0. The zero-order valence-electron chi connectivity index (χ0n) is 20.8. The fourth-order valence-corrected chi connectivity index (χ4v) is 11.2. The van der Waals surface area contributed by atoms with E-state index >= 15 is 0 Å². The van der Waals surface area contributed by atoms with E-state index in [1.54, 1.807) is 0 Å². The van der Waals surface area contributed by atoms with Crippen LogP contribution >= 0.6 is 0 Å². The molecule has 5 nitrogen and oxygen atoms in total. The summed E-state index contributed by atoms with van der Waals surface area (Å²) < 4.78 is 7.16. The van der Waals surface area contributed by atoms with Gasteiger partial charge in [-0.2, -0.15) is 0 Å². The predicted molar refractivity (Wildman–Crippen MR) is 136 cm³/mol. The topological polar surface area (TPSA) is 36.0 Å². The first kappa shape index (κ1) is 20.5. The molecule has 8 fully saturated rings. The molecular weight excluding hydrogens is 433 g/mol. The molecule has 5 saturated heterocycles. The van der Waals surface area contributed by atoms with Gasteiger partial charge in [0.15, 0.2) is 6.71 Å². The van der Waals surface area contributed by atoms with E-state index in [0.29, 0.717) is 60.4 Å². The summed E-state index contributed by atoms with van der Waals surface area (Å²) in [6.07, 6.45) is 15.1. The van der Waals surface area contributed by atoms with E-state index in [2.05, 4.69) is 45.0 Å². The van der Waals surface area contributed by atoms with E-state index < -0.39 is 0 Å². The van der Waals surface area contributed by atoms with Crippen molar-refractivity contribution in [3.63, 3.8) is 0 Å². The summed E-state index contributed by atoms with van der Waals surface area (Å²) in [5.74, 6) is 2.44. The van der Waals surface area contributed by atoms with Gasteiger partial charge in [-0.1, -0.05) is 74.3 Å². The van der Waals surface area contributed by atoms with Gasteiger partial charge < -0.3 is 14.5 Å². The number of hydrogen-bond acceptors (Lipinski definition) is 3. The number of ether oxygens (including phenoxy) is 1. The first-order valence-electron chi connectivity index (χ1n) is 14.9. The first-order chi connectivity index (χ1) is 17.3. The Balaban J connectivity index is 1.26. The molecule has 3 aliphatic carbocycles. The fraction of sp³-hybridized carbons (Fsp3) is 0.759. The fourth-order valence-electron chi connectivity index (χ4n) is 11.2. The summed E-state index contributed by atoms with van der Waals surface area (Å²) >= 11 is 0. The van der Waals surface area contributed by atoms with E-state index in [4.69, 9.17) is 4.74 Å². The molecular formula is C29H38BN3O2. The minimum Gasteiger partial charge on any atom is -0.369 e. The quantitative estimate of drug-likeness (QED) is 0.574. The Morgan fingerprint density at radius 2 is 1.49 bits per heavy atom. The number of carbonyl (C=O) groups excluding carboxylic acids is 1. The van der Waals surface area contributed by atoms with Crippen LogP contribution in [-0.2, 0) is 4.74 Å². The molecule has 1 aromatic rings. The third-order valence-electron chi connectivity index (χ3n) is 12.0. The average molecular weight is 471 g/mol. The van der Waals surface area contributed by atoms with Gasteiger partial charge >= 0.3 is 6.03 Å². The average Bonchev–Trinajstić information content (AvgIpc) is 3.43. The predicted octanol–water partition coefficient (Wildman–Crippen LogP) is 4.30. The van der Waals surface area contributed by atoms with E-state index in [1.807, 2.05) is 0 Å². The molecule has 1 aromatic carbocycles. The summed E-state index contributed by atoms with van der Waals surface area (Å²) in [6.45, 7) is 0.559. The Morgan fingerprint density at radius 1 is 0.771 bits per heavy atom. The maximum Gasteiger partial charge on any atom is 0.323 e. The molecule has 8 aliphatic rings. The molecule has 5 heterocycles. The molecule has 9 rings (SSSR count). The summed E-state index contributed by atoms with van der Waals surface area (Å²) in [4.78, 5) is 22.4. The SMILES string of the molecule is O=C1N2C3CCCCC3C3OC4CCCC5B(c6ccccc6)C6C7CCCCC7N1C6N(C45)C32. The number of amides is 2.